The fourth-order valence-electron chi connectivity index (χ4n) is 2.58. The van der Waals surface area contributed by atoms with Crippen molar-refractivity contribution in [1.82, 2.24) is 10.2 Å². The predicted octanol–water partition coefficient (Wildman–Crippen LogP) is 4.24. The molecule has 1 saturated heterocycles. The van der Waals surface area contributed by atoms with Crippen molar-refractivity contribution in [3.8, 4) is 0 Å². The molecule has 120 valence electrons. The smallest absolute Gasteiger partial charge is 0.129 e. The monoisotopic (exact) mass is 354 g/mol. The highest BCUT2D eigenvalue weighted by Gasteiger charge is 2.23. The number of benzene rings is 1. The Labute approximate surface area is 143 Å². The molecule has 0 radical (unpaired) electrons. The summed E-state index contributed by atoms with van der Waals surface area (Å²) in [4.78, 5) is 2.34. The number of rotatable bonds is 5. The average Bonchev–Trinajstić information content (AvgIpc) is 2.42. The Morgan fingerprint density at radius 1 is 1.33 bits per heavy atom. The number of hydrogen-bond acceptors (Lipinski definition) is 2. The molecule has 0 aliphatic carbocycles. The van der Waals surface area contributed by atoms with Crippen molar-refractivity contribution < 1.29 is 4.39 Å². The summed E-state index contributed by atoms with van der Waals surface area (Å²) >= 11 is 5.83. The van der Waals surface area contributed by atoms with Crippen LogP contribution in [0.4, 0.5) is 4.39 Å². The van der Waals surface area contributed by atoms with Gasteiger partial charge in [0.25, 0.3) is 0 Å². The lowest BCUT2D eigenvalue weighted by Gasteiger charge is -2.35. The first-order valence-corrected chi connectivity index (χ1v) is 7.11. The summed E-state index contributed by atoms with van der Waals surface area (Å²) in [5.74, 6) is -0.208. The molecule has 2 rings (SSSR count). The van der Waals surface area contributed by atoms with E-state index in [1.165, 1.54) is 6.07 Å². The van der Waals surface area contributed by atoms with E-state index in [0.29, 0.717) is 5.02 Å². The van der Waals surface area contributed by atoms with E-state index in [4.69, 9.17) is 11.6 Å². The zero-order chi connectivity index (χ0) is 13.7. The fourth-order valence-corrected chi connectivity index (χ4v) is 2.73. The summed E-state index contributed by atoms with van der Waals surface area (Å²) in [5, 5.41) is 3.77. The summed E-state index contributed by atoms with van der Waals surface area (Å²) in [5.41, 5.74) is 0.744. The Balaban J connectivity index is 0.00000200. The van der Waals surface area contributed by atoms with Crippen LogP contribution in [0.2, 0.25) is 5.02 Å². The van der Waals surface area contributed by atoms with E-state index >= 15 is 0 Å². The number of halogens is 4. The van der Waals surface area contributed by atoms with Crippen molar-refractivity contribution in [3.05, 3.63) is 47.3 Å². The SMILES string of the molecule is C=CCC[C@@H](c1ccc(Cl)cc1F)N1CCNCC1.Cl.Cl. The Bertz CT molecular complexity index is 437. The van der Waals surface area contributed by atoms with Crippen molar-refractivity contribution in [2.75, 3.05) is 26.2 Å². The van der Waals surface area contributed by atoms with Crippen molar-refractivity contribution in [3.63, 3.8) is 0 Å². The molecule has 1 fully saturated rings. The zero-order valence-electron chi connectivity index (χ0n) is 11.9. The Hall–Kier alpha value is -0.320. The van der Waals surface area contributed by atoms with Crippen LogP contribution in [-0.2, 0) is 0 Å². The lowest BCUT2D eigenvalue weighted by molar-refractivity contribution is 0.163. The fraction of sp³-hybridized carbons (Fsp3) is 0.467. The summed E-state index contributed by atoms with van der Waals surface area (Å²) in [6, 6.07) is 5.09. The van der Waals surface area contributed by atoms with Gasteiger partial charge in [-0.1, -0.05) is 23.7 Å². The maximum absolute atomic E-state index is 14.1. The minimum absolute atomic E-state index is 0. The van der Waals surface area contributed by atoms with Gasteiger partial charge in [0.2, 0.25) is 0 Å². The number of nitrogens with one attached hydrogen (secondary N) is 1. The van der Waals surface area contributed by atoms with Gasteiger partial charge in [0.05, 0.1) is 0 Å². The molecule has 0 aromatic heterocycles. The summed E-state index contributed by atoms with van der Waals surface area (Å²) < 4.78 is 14.1. The molecule has 1 aliphatic heterocycles. The second-order valence-electron chi connectivity index (χ2n) is 4.83. The molecule has 1 N–H and O–H groups in total. The van der Waals surface area contributed by atoms with Crippen molar-refractivity contribution >= 4 is 36.4 Å². The van der Waals surface area contributed by atoms with E-state index in [9.17, 15) is 4.39 Å². The molecule has 1 aromatic carbocycles. The third-order valence-corrected chi connectivity index (χ3v) is 3.79. The van der Waals surface area contributed by atoms with E-state index in [1.807, 2.05) is 12.1 Å². The van der Waals surface area contributed by atoms with Crippen LogP contribution in [-0.4, -0.2) is 31.1 Å². The molecule has 0 bridgehead atoms. The number of hydrogen-bond donors (Lipinski definition) is 1. The lowest BCUT2D eigenvalue weighted by Crippen LogP contribution is -2.45. The molecule has 0 saturated carbocycles. The van der Waals surface area contributed by atoms with Crippen LogP contribution >= 0.6 is 36.4 Å². The maximum atomic E-state index is 14.1. The van der Waals surface area contributed by atoms with E-state index in [1.54, 1.807) is 6.07 Å². The molecule has 0 amide bonds. The Morgan fingerprint density at radius 3 is 2.57 bits per heavy atom. The predicted molar refractivity (Wildman–Crippen MR) is 92.5 cm³/mol. The molecule has 0 unspecified atom stereocenters. The minimum atomic E-state index is -0.208. The van der Waals surface area contributed by atoms with Crippen molar-refractivity contribution in [2.45, 2.75) is 18.9 Å². The first kappa shape index (κ1) is 20.7. The van der Waals surface area contributed by atoms with Gasteiger partial charge in [-0.05, 0) is 25.0 Å². The van der Waals surface area contributed by atoms with Crippen molar-refractivity contribution in [2.24, 2.45) is 0 Å². The highest BCUT2D eigenvalue weighted by atomic mass is 35.5. The van der Waals surface area contributed by atoms with Crippen LogP contribution in [0.25, 0.3) is 0 Å². The first-order valence-electron chi connectivity index (χ1n) is 6.73. The normalized spacial score (nSPS) is 16.5. The second-order valence-corrected chi connectivity index (χ2v) is 5.27. The Morgan fingerprint density at radius 2 is 2.00 bits per heavy atom. The van der Waals surface area contributed by atoms with E-state index in [2.05, 4.69) is 16.8 Å². The van der Waals surface area contributed by atoms with Crippen LogP contribution < -0.4 is 5.32 Å². The molecule has 1 heterocycles. The van der Waals surface area contributed by atoms with Gasteiger partial charge in [0, 0.05) is 42.8 Å². The van der Waals surface area contributed by atoms with Crippen LogP contribution in [0.5, 0.6) is 0 Å². The van der Waals surface area contributed by atoms with E-state index < -0.39 is 0 Å². The summed E-state index contributed by atoms with van der Waals surface area (Å²) in [6.45, 7) is 7.58. The van der Waals surface area contributed by atoms with Gasteiger partial charge in [-0.2, -0.15) is 0 Å². The van der Waals surface area contributed by atoms with Crippen LogP contribution in [0.1, 0.15) is 24.4 Å². The molecule has 6 heteroatoms. The van der Waals surface area contributed by atoms with Gasteiger partial charge in [-0.25, -0.2) is 4.39 Å². The third kappa shape index (κ3) is 5.76. The lowest BCUT2D eigenvalue weighted by atomic mass is 9.99. The van der Waals surface area contributed by atoms with Crippen LogP contribution in [0, 0.1) is 5.82 Å². The second kappa shape index (κ2) is 10.4. The molecule has 1 aliphatic rings. The van der Waals surface area contributed by atoms with Gasteiger partial charge in [-0.3, -0.25) is 4.90 Å². The van der Waals surface area contributed by atoms with Crippen LogP contribution in [0.15, 0.2) is 30.9 Å². The van der Waals surface area contributed by atoms with Gasteiger partial charge < -0.3 is 5.32 Å². The average molecular weight is 356 g/mol. The van der Waals surface area contributed by atoms with Gasteiger partial charge in [0.1, 0.15) is 5.82 Å². The molecule has 1 atom stereocenters. The summed E-state index contributed by atoms with van der Waals surface area (Å²) in [7, 11) is 0. The number of nitrogens with zero attached hydrogens (tertiary/aromatic N) is 1. The molecule has 21 heavy (non-hydrogen) atoms. The van der Waals surface area contributed by atoms with E-state index in [0.717, 1.165) is 44.6 Å². The van der Waals surface area contributed by atoms with Crippen LogP contribution in [0.3, 0.4) is 0 Å². The molecular formula is C15H22Cl3FN2. The molecule has 0 spiro atoms. The number of piperazine rings is 1. The van der Waals surface area contributed by atoms with Gasteiger partial charge in [-0.15, -0.1) is 31.4 Å². The molecular weight excluding hydrogens is 334 g/mol. The van der Waals surface area contributed by atoms with E-state index in [-0.39, 0.29) is 36.7 Å². The standard InChI is InChI=1S/C15H20ClFN2.2ClH/c1-2-3-4-15(19-9-7-18-8-10-19)13-6-5-12(16)11-14(13)17;;/h2,5-6,11,15,18H,1,3-4,7-10H2;2*1H/t15-;;/m0../s1. The van der Waals surface area contributed by atoms with Gasteiger partial charge >= 0.3 is 0 Å². The topological polar surface area (TPSA) is 15.3 Å². The quantitative estimate of drug-likeness (QED) is 0.795. The molecule has 2 nitrogen and oxygen atoms in total. The largest absolute Gasteiger partial charge is 0.314 e. The first-order chi connectivity index (χ1) is 9.22. The number of allylic oxidation sites excluding steroid dienone is 1. The highest BCUT2D eigenvalue weighted by Crippen LogP contribution is 2.29. The zero-order valence-corrected chi connectivity index (χ0v) is 14.2. The highest BCUT2D eigenvalue weighted by molar-refractivity contribution is 6.30. The van der Waals surface area contributed by atoms with Crippen molar-refractivity contribution in [1.29, 1.82) is 0 Å². The Kier molecular flexibility index (Phi) is 10.3. The van der Waals surface area contributed by atoms with Gasteiger partial charge in [0.15, 0.2) is 0 Å². The minimum Gasteiger partial charge on any atom is -0.314 e. The summed E-state index contributed by atoms with van der Waals surface area (Å²) in [6.07, 6.45) is 3.67. The maximum Gasteiger partial charge on any atom is 0.129 e. The third-order valence-electron chi connectivity index (χ3n) is 3.56. The molecule has 1 aromatic rings.